The van der Waals surface area contributed by atoms with Crippen LogP contribution in [0.25, 0.3) is 0 Å². The Kier molecular flexibility index (Phi) is 9.05. The lowest BCUT2D eigenvalue weighted by molar-refractivity contribution is -0.130. The predicted octanol–water partition coefficient (Wildman–Crippen LogP) is 2.83. The minimum Gasteiger partial charge on any atom is -0.482 e. The van der Waals surface area contributed by atoms with Crippen molar-refractivity contribution < 1.29 is 27.8 Å². The number of nitrogens with zero attached hydrogens (tertiary/aromatic N) is 1. The number of aryl methyl sites for hydroxylation is 1. The normalized spacial score (nSPS) is 10.5. The minimum atomic E-state index is -2.86. The van der Waals surface area contributed by atoms with E-state index < -0.39 is 6.61 Å². The number of anilines is 1. The molecule has 0 spiro atoms. The number of rotatable bonds is 11. The van der Waals surface area contributed by atoms with Gasteiger partial charge in [-0.05, 0) is 48.7 Å². The molecule has 0 aliphatic carbocycles. The molecule has 9 heteroatoms. The Balaban J connectivity index is 1.79. The monoisotopic (exact) mass is 435 g/mol. The van der Waals surface area contributed by atoms with Crippen molar-refractivity contribution in [3.05, 3.63) is 53.6 Å². The largest absolute Gasteiger partial charge is 0.482 e. The van der Waals surface area contributed by atoms with Crippen molar-refractivity contribution in [2.45, 2.75) is 20.0 Å². The van der Waals surface area contributed by atoms with Gasteiger partial charge in [-0.15, -0.1) is 0 Å². The zero-order valence-electron chi connectivity index (χ0n) is 17.8. The van der Waals surface area contributed by atoms with Crippen molar-refractivity contribution in [1.82, 2.24) is 10.2 Å². The van der Waals surface area contributed by atoms with Gasteiger partial charge < -0.3 is 25.0 Å². The molecule has 7 nitrogen and oxygen atoms in total. The fourth-order valence-electron chi connectivity index (χ4n) is 2.59. The van der Waals surface area contributed by atoms with Gasteiger partial charge in [-0.1, -0.05) is 18.2 Å². The van der Waals surface area contributed by atoms with E-state index in [-0.39, 0.29) is 30.7 Å². The maximum absolute atomic E-state index is 12.2. The van der Waals surface area contributed by atoms with E-state index in [4.69, 9.17) is 4.74 Å². The summed E-state index contributed by atoms with van der Waals surface area (Å²) in [5.74, 6) is 0.206. The molecule has 168 valence electrons. The van der Waals surface area contributed by atoms with E-state index in [1.807, 2.05) is 13.0 Å². The van der Waals surface area contributed by atoms with Gasteiger partial charge in [-0.3, -0.25) is 9.59 Å². The number of halogens is 2. The summed E-state index contributed by atoms with van der Waals surface area (Å²) < 4.78 is 34.2. The highest BCUT2D eigenvalue weighted by Gasteiger charge is 2.10. The van der Waals surface area contributed by atoms with Gasteiger partial charge in [-0.25, -0.2) is 0 Å². The second-order valence-corrected chi connectivity index (χ2v) is 7.05. The Morgan fingerprint density at radius 1 is 1.10 bits per heavy atom. The van der Waals surface area contributed by atoms with Crippen LogP contribution in [0.5, 0.6) is 11.5 Å². The van der Waals surface area contributed by atoms with Gasteiger partial charge in [0.1, 0.15) is 11.5 Å². The van der Waals surface area contributed by atoms with Gasteiger partial charge in [0.15, 0.2) is 6.61 Å². The number of carbonyl (C=O) groups excluding carboxylic acids is 2. The number of benzene rings is 2. The first-order valence-corrected chi connectivity index (χ1v) is 9.72. The maximum atomic E-state index is 12.2. The van der Waals surface area contributed by atoms with Crippen LogP contribution in [-0.4, -0.2) is 57.1 Å². The highest BCUT2D eigenvalue weighted by atomic mass is 19.3. The van der Waals surface area contributed by atoms with E-state index >= 15 is 0 Å². The molecule has 0 saturated carbocycles. The Morgan fingerprint density at radius 2 is 1.81 bits per heavy atom. The summed E-state index contributed by atoms with van der Waals surface area (Å²) in [6.07, 6.45) is 0.548. The third-order valence-corrected chi connectivity index (χ3v) is 4.31. The summed E-state index contributed by atoms with van der Waals surface area (Å²) in [5, 5.41) is 5.81. The first-order chi connectivity index (χ1) is 14.7. The smallest absolute Gasteiger partial charge is 0.387 e. The van der Waals surface area contributed by atoms with Crippen LogP contribution in [0.15, 0.2) is 42.5 Å². The molecule has 0 heterocycles. The van der Waals surface area contributed by atoms with E-state index in [0.29, 0.717) is 24.4 Å². The molecule has 0 aliphatic rings. The number of amides is 2. The second-order valence-electron chi connectivity index (χ2n) is 7.05. The van der Waals surface area contributed by atoms with Crippen LogP contribution in [0.2, 0.25) is 0 Å². The third-order valence-electron chi connectivity index (χ3n) is 4.31. The summed E-state index contributed by atoms with van der Waals surface area (Å²) in [7, 11) is 3.30. The van der Waals surface area contributed by atoms with Crippen molar-refractivity contribution in [2.24, 2.45) is 0 Å². The zero-order chi connectivity index (χ0) is 22.8. The average molecular weight is 435 g/mol. The molecule has 0 aromatic heterocycles. The number of alkyl halides is 2. The van der Waals surface area contributed by atoms with E-state index in [1.54, 1.807) is 38.4 Å². The lowest BCUT2D eigenvalue weighted by atomic mass is 10.1. The molecule has 0 atom stereocenters. The molecule has 0 saturated heterocycles. The Labute approximate surface area is 180 Å². The molecule has 0 aliphatic heterocycles. The van der Waals surface area contributed by atoms with Crippen molar-refractivity contribution in [1.29, 1.82) is 0 Å². The summed E-state index contributed by atoms with van der Waals surface area (Å²) in [4.78, 5) is 25.3. The van der Waals surface area contributed by atoms with Gasteiger partial charge in [0.05, 0.1) is 12.2 Å². The van der Waals surface area contributed by atoms with E-state index in [1.165, 1.54) is 17.0 Å². The number of nitrogens with one attached hydrogen (secondary N) is 2. The van der Waals surface area contributed by atoms with Crippen LogP contribution < -0.4 is 20.1 Å². The van der Waals surface area contributed by atoms with Crippen LogP contribution >= 0.6 is 0 Å². The van der Waals surface area contributed by atoms with Crippen LogP contribution in [-0.2, 0) is 16.0 Å². The van der Waals surface area contributed by atoms with Crippen molar-refractivity contribution in [3.8, 4) is 11.5 Å². The predicted molar refractivity (Wildman–Crippen MR) is 114 cm³/mol. The van der Waals surface area contributed by atoms with E-state index in [2.05, 4.69) is 15.4 Å². The molecule has 2 rings (SSSR count). The molecule has 2 N–H and O–H groups in total. The maximum Gasteiger partial charge on any atom is 0.387 e. The van der Waals surface area contributed by atoms with Crippen molar-refractivity contribution in [2.75, 3.05) is 39.1 Å². The third kappa shape index (κ3) is 8.49. The molecular formula is C22H27F2N3O4. The van der Waals surface area contributed by atoms with Gasteiger partial charge >= 0.3 is 6.61 Å². The molecule has 0 bridgehead atoms. The highest BCUT2D eigenvalue weighted by Crippen LogP contribution is 2.25. The Hall–Kier alpha value is -3.36. The lowest BCUT2D eigenvalue weighted by Crippen LogP contribution is -2.31. The standard InChI is InChI=1S/C22H27F2N3O4/c1-15-4-9-18(19(12-15)30-14-21(29)27(2)3)26-13-20(28)25-11-10-16-5-7-17(8-6-16)31-22(23)24/h4-9,12,22,26H,10-11,13-14H2,1-3H3,(H,25,28). The average Bonchev–Trinajstić information content (AvgIpc) is 2.72. The van der Waals surface area contributed by atoms with Crippen LogP contribution in [0.3, 0.4) is 0 Å². The van der Waals surface area contributed by atoms with Gasteiger partial charge in [0.25, 0.3) is 5.91 Å². The van der Waals surface area contributed by atoms with Crippen LogP contribution in [0.4, 0.5) is 14.5 Å². The first-order valence-electron chi connectivity index (χ1n) is 9.72. The Morgan fingerprint density at radius 3 is 2.45 bits per heavy atom. The minimum absolute atomic E-state index is 0.0300. The summed E-state index contributed by atoms with van der Waals surface area (Å²) in [6.45, 7) is -0.626. The molecule has 2 amide bonds. The molecular weight excluding hydrogens is 408 g/mol. The SMILES string of the molecule is Cc1ccc(NCC(=O)NCCc2ccc(OC(F)F)cc2)c(OCC(=O)N(C)C)c1. The van der Waals surface area contributed by atoms with Crippen LogP contribution in [0.1, 0.15) is 11.1 Å². The second kappa shape index (κ2) is 11.7. The Bertz CT molecular complexity index is 874. The summed E-state index contributed by atoms with van der Waals surface area (Å²) in [6, 6.07) is 11.7. The van der Waals surface area contributed by atoms with Crippen molar-refractivity contribution in [3.63, 3.8) is 0 Å². The number of hydrogen-bond donors (Lipinski definition) is 2. The number of hydrogen-bond acceptors (Lipinski definition) is 5. The fraction of sp³-hybridized carbons (Fsp3) is 0.364. The molecule has 2 aromatic rings. The topological polar surface area (TPSA) is 79.9 Å². The summed E-state index contributed by atoms with van der Waals surface area (Å²) in [5.41, 5.74) is 2.46. The fourth-order valence-corrected chi connectivity index (χ4v) is 2.59. The van der Waals surface area contributed by atoms with Gasteiger partial charge in [0.2, 0.25) is 5.91 Å². The van der Waals surface area contributed by atoms with Crippen molar-refractivity contribution >= 4 is 17.5 Å². The van der Waals surface area contributed by atoms with Gasteiger partial charge in [0, 0.05) is 20.6 Å². The number of carbonyl (C=O) groups is 2. The van der Waals surface area contributed by atoms with Gasteiger partial charge in [-0.2, -0.15) is 8.78 Å². The van der Waals surface area contributed by atoms with E-state index in [0.717, 1.165) is 11.1 Å². The molecule has 31 heavy (non-hydrogen) atoms. The van der Waals surface area contributed by atoms with Crippen LogP contribution in [0, 0.1) is 6.92 Å². The molecule has 0 unspecified atom stereocenters. The highest BCUT2D eigenvalue weighted by molar-refractivity contribution is 5.81. The number of ether oxygens (including phenoxy) is 2. The van der Waals surface area contributed by atoms with E-state index in [9.17, 15) is 18.4 Å². The molecule has 2 aromatic carbocycles. The summed E-state index contributed by atoms with van der Waals surface area (Å²) >= 11 is 0. The lowest BCUT2D eigenvalue weighted by Gasteiger charge is -2.15. The first kappa shape index (κ1) is 23.9. The molecule has 0 radical (unpaired) electrons. The zero-order valence-corrected chi connectivity index (χ0v) is 17.8. The quantitative estimate of drug-likeness (QED) is 0.568. The molecule has 0 fully saturated rings. The number of likely N-dealkylation sites (N-methyl/N-ethyl adjacent to an activating group) is 1.